The van der Waals surface area contributed by atoms with Crippen molar-refractivity contribution in [1.82, 2.24) is 10.3 Å². The number of carbonyl (C=O) groups excluding carboxylic acids is 2. The molecule has 0 atom stereocenters. The van der Waals surface area contributed by atoms with Crippen molar-refractivity contribution in [2.45, 2.75) is 25.8 Å². The van der Waals surface area contributed by atoms with Crippen molar-refractivity contribution < 1.29 is 9.59 Å². The minimum Gasteiger partial charge on any atom is -0.323 e. The third-order valence-electron chi connectivity index (χ3n) is 3.44. The van der Waals surface area contributed by atoms with Crippen LogP contribution in [0.4, 0.5) is 10.5 Å². The average Bonchev–Trinajstić information content (AvgIpc) is 2.46. The first kappa shape index (κ1) is 14.3. The highest BCUT2D eigenvalue weighted by Gasteiger charge is 2.26. The number of nitrogens with zero attached hydrogens (tertiary/aromatic N) is 2. The van der Waals surface area contributed by atoms with Crippen molar-refractivity contribution >= 4 is 17.6 Å². The maximum absolute atomic E-state index is 12.2. The Bertz CT molecular complexity index is 504. The van der Waals surface area contributed by atoms with Gasteiger partial charge in [0.2, 0.25) is 5.91 Å². The number of benzene rings is 1. The summed E-state index contributed by atoms with van der Waals surface area (Å²) in [5.41, 5.74) is 4.23. The first-order valence-corrected chi connectivity index (χ1v) is 6.73. The fraction of sp³-hybridized carbons (Fsp3) is 0.429. The molecule has 108 valence electrons. The maximum atomic E-state index is 12.2. The molecule has 3 amide bonds. The van der Waals surface area contributed by atoms with E-state index < -0.39 is 0 Å². The summed E-state index contributed by atoms with van der Waals surface area (Å²) < 4.78 is 0. The lowest BCUT2D eigenvalue weighted by Gasteiger charge is -2.35. The molecular formula is C14H20N4O2. The van der Waals surface area contributed by atoms with Gasteiger partial charge in [-0.05, 0) is 24.5 Å². The molecule has 1 heterocycles. The van der Waals surface area contributed by atoms with Crippen LogP contribution in [0.1, 0.15) is 24.8 Å². The molecule has 1 aromatic rings. The third-order valence-corrected chi connectivity index (χ3v) is 3.44. The van der Waals surface area contributed by atoms with E-state index in [1.807, 2.05) is 24.3 Å². The molecule has 0 saturated heterocycles. The van der Waals surface area contributed by atoms with Gasteiger partial charge in [0.05, 0.1) is 5.69 Å². The molecular weight excluding hydrogens is 256 g/mol. The molecule has 0 unspecified atom stereocenters. The predicted octanol–water partition coefficient (Wildman–Crippen LogP) is 1.22. The molecule has 20 heavy (non-hydrogen) atoms. The van der Waals surface area contributed by atoms with Crippen LogP contribution in [0.2, 0.25) is 0 Å². The summed E-state index contributed by atoms with van der Waals surface area (Å²) in [5.74, 6) is 4.86. The van der Waals surface area contributed by atoms with Crippen LogP contribution in [0.5, 0.6) is 0 Å². The van der Waals surface area contributed by atoms with Gasteiger partial charge in [-0.2, -0.15) is 0 Å². The topological polar surface area (TPSA) is 78.7 Å². The second-order valence-electron chi connectivity index (χ2n) is 4.94. The van der Waals surface area contributed by atoms with E-state index in [0.29, 0.717) is 25.9 Å². The van der Waals surface area contributed by atoms with E-state index in [9.17, 15) is 9.59 Å². The van der Waals surface area contributed by atoms with Gasteiger partial charge in [0.25, 0.3) is 0 Å². The van der Waals surface area contributed by atoms with Crippen LogP contribution in [0.15, 0.2) is 24.3 Å². The number of nitrogens with one attached hydrogen (secondary N) is 1. The van der Waals surface area contributed by atoms with E-state index in [1.165, 1.54) is 0 Å². The van der Waals surface area contributed by atoms with Crippen molar-refractivity contribution in [2.24, 2.45) is 5.84 Å². The van der Waals surface area contributed by atoms with Gasteiger partial charge in [-0.15, -0.1) is 0 Å². The standard InChI is InChI=1S/C14H20N4O2/c1-17-10-11-6-2-3-7-12(11)18(14(17)20)9-5-4-8-13(19)16-15/h2-3,6-7H,4-5,8-10,15H2,1H3,(H,16,19). The van der Waals surface area contributed by atoms with Crippen LogP contribution in [-0.2, 0) is 11.3 Å². The molecule has 0 fully saturated rings. The van der Waals surface area contributed by atoms with E-state index in [2.05, 4.69) is 5.43 Å². The molecule has 3 N–H and O–H groups in total. The van der Waals surface area contributed by atoms with Gasteiger partial charge in [-0.3, -0.25) is 15.1 Å². The number of hydrogen-bond acceptors (Lipinski definition) is 3. The maximum Gasteiger partial charge on any atom is 0.324 e. The van der Waals surface area contributed by atoms with Crippen LogP contribution in [-0.4, -0.2) is 30.4 Å². The molecule has 1 aliphatic heterocycles. The van der Waals surface area contributed by atoms with Gasteiger partial charge in [0, 0.05) is 26.6 Å². The number of para-hydroxylation sites is 1. The molecule has 2 rings (SSSR count). The summed E-state index contributed by atoms with van der Waals surface area (Å²) in [7, 11) is 1.80. The summed E-state index contributed by atoms with van der Waals surface area (Å²) in [6.07, 6.45) is 1.86. The monoisotopic (exact) mass is 276 g/mol. The fourth-order valence-electron chi connectivity index (χ4n) is 2.38. The zero-order chi connectivity index (χ0) is 14.5. The van der Waals surface area contributed by atoms with Crippen LogP contribution < -0.4 is 16.2 Å². The highest BCUT2D eigenvalue weighted by atomic mass is 16.2. The average molecular weight is 276 g/mol. The molecule has 0 saturated carbocycles. The zero-order valence-electron chi connectivity index (χ0n) is 11.6. The van der Waals surface area contributed by atoms with Crippen molar-refractivity contribution in [3.63, 3.8) is 0 Å². The molecule has 1 aliphatic rings. The van der Waals surface area contributed by atoms with Gasteiger partial charge in [-0.1, -0.05) is 18.2 Å². The molecule has 0 bridgehead atoms. The van der Waals surface area contributed by atoms with Gasteiger partial charge in [0.15, 0.2) is 0 Å². The highest BCUT2D eigenvalue weighted by molar-refractivity contribution is 5.94. The lowest BCUT2D eigenvalue weighted by atomic mass is 10.1. The van der Waals surface area contributed by atoms with E-state index in [1.54, 1.807) is 16.8 Å². The number of hydrogen-bond donors (Lipinski definition) is 2. The Kier molecular flexibility index (Phi) is 4.57. The second-order valence-corrected chi connectivity index (χ2v) is 4.94. The Morgan fingerprint density at radius 1 is 1.35 bits per heavy atom. The molecule has 0 aliphatic carbocycles. The number of urea groups is 1. The quantitative estimate of drug-likeness (QED) is 0.367. The molecule has 1 aromatic carbocycles. The minimum atomic E-state index is -0.174. The van der Waals surface area contributed by atoms with Crippen molar-refractivity contribution in [3.05, 3.63) is 29.8 Å². The number of carbonyl (C=O) groups is 2. The molecule has 6 heteroatoms. The van der Waals surface area contributed by atoms with E-state index in [4.69, 9.17) is 5.84 Å². The Balaban J connectivity index is 1.99. The van der Waals surface area contributed by atoms with E-state index in [0.717, 1.165) is 17.7 Å². The number of amides is 3. The second kappa shape index (κ2) is 6.38. The highest BCUT2D eigenvalue weighted by Crippen LogP contribution is 2.27. The number of fused-ring (bicyclic) bond motifs is 1. The van der Waals surface area contributed by atoms with Gasteiger partial charge in [0.1, 0.15) is 0 Å². The summed E-state index contributed by atoms with van der Waals surface area (Å²) in [6.45, 7) is 1.25. The van der Waals surface area contributed by atoms with Crippen LogP contribution in [0.3, 0.4) is 0 Å². The number of anilines is 1. The minimum absolute atomic E-state index is 0.00646. The first-order chi connectivity index (χ1) is 9.63. The van der Waals surface area contributed by atoms with Gasteiger partial charge >= 0.3 is 6.03 Å². The van der Waals surface area contributed by atoms with E-state index in [-0.39, 0.29) is 11.9 Å². The summed E-state index contributed by atoms with van der Waals surface area (Å²) >= 11 is 0. The SMILES string of the molecule is CN1Cc2ccccc2N(CCCCC(=O)NN)C1=O. The molecule has 0 spiro atoms. The summed E-state index contributed by atoms with van der Waals surface area (Å²) in [4.78, 5) is 26.8. The predicted molar refractivity (Wildman–Crippen MR) is 76.8 cm³/mol. The van der Waals surface area contributed by atoms with Crippen LogP contribution >= 0.6 is 0 Å². The zero-order valence-corrected chi connectivity index (χ0v) is 11.6. The smallest absolute Gasteiger partial charge is 0.323 e. The van der Waals surface area contributed by atoms with Gasteiger partial charge < -0.3 is 4.90 Å². The summed E-state index contributed by atoms with van der Waals surface area (Å²) in [6, 6.07) is 7.92. The number of nitrogens with two attached hydrogens (primary N) is 1. The molecule has 6 nitrogen and oxygen atoms in total. The summed E-state index contributed by atoms with van der Waals surface area (Å²) in [5, 5.41) is 0. The third kappa shape index (κ3) is 3.08. The Labute approximate surface area is 118 Å². The Morgan fingerprint density at radius 3 is 2.85 bits per heavy atom. The number of rotatable bonds is 5. The number of unbranched alkanes of at least 4 members (excludes halogenated alkanes) is 1. The van der Waals surface area contributed by atoms with Gasteiger partial charge in [-0.25, -0.2) is 10.6 Å². The van der Waals surface area contributed by atoms with Crippen LogP contribution in [0.25, 0.3) is 0 Å². The van der Waals surface area contributed by atoms with Crippen molar-refractivity contribution in [1.29, 1.82) is 0 Å². The lowest BCUT2D eigenvalue weighted by molar-refractivity contribution is -0.121. The Hall–Kier alpha value is -2.08. The van der Waals surface area contributed by atoms with Crippen molar-refractivity contribution in [3.8, 4) is 0 Å². The first-order valence-electron chi connectivity index (χ1n) is 6.73. The molecule has 0 aromatic heterocycles. The normalized spacial score (nSPS) is 14.2. The number of hydrazine groups is 1. The van der Waals surface area contributed by atoms with E-state index >= 15 is 0 Å². The van der Waals surface area contributed by atoms with Crippen LogP contribution in [0, 0.1) is 0 Å². The lowest BCUT2D eigenvalue weighted by Crippen LogP contribution is -2.45. The molecule has 0 radical (unpaired) electrons. The van der Waals surface area contributed by atoms with Crippen molar-refractivity contribution in [2.75, 3.05) is 18.5 Å². The largest absolute Gasteiger partial charge is 0.324 e. The fourth-order valence-corrected chi connectivity index (χ4v) is 2.38. The Morgan fingerprint density at radius 2 is 2.10 bits per heavy atom.